The van der Waals surface area contributed by atoms with E-state index in [9.17, 15) is 9.59 Å². The molecule has 0 spiro atoms. The largest absolute Gasteiger partial charge is 0.396 e. The molecule has 2 aliphatic rings. The van der Waals surface area contributed by atoms with Crippen LogP contribution < -0.4 is 0 Å². The highest BCUT2D eigenvalue weighted by atomic mass is 35.5. The third-order valence-corrected chi connectivity index (χ3v) is 3.76. The lowest BCUT2D eigenvalue weighted by molar-refractivity contribution is -0.140. The Morgan fingerprint density at radius 1 is 1.29 bits per heavy atom. The summed E-state index contributed by atoms with van der Waals surface area (Å²) < 4.78 is 0. The molecule has 1 aliphatic carbocycles. The van der Waals surface area contributed by atoms with Gasteiger partial charge in [-0.2, -0.15) is 0 Å². The first-order valence-corrected chi connectivity index (χ1v) is 6.33. The van der Waals surface area contributed by atoms with Gasteiger partial charge < -0.3 is 5.11 Å². The first kappa shape index (κ1) is 12.6. The second-order valence-electron chi connectivity index (χ2n) is 4.56. The van der Waals surface area contributed by atoms with E-state index in [2.05, 4.69) is 0 Å². The van der Waals surface area contributed by atoms with Gasteiger partial charge in [-0.3, -0.25) is 14.5 Å². The fourth-order valence-electron chi connectivity index (χ4n) is 2.50. The predicted octanol–water partition coefficient (Wildman–Crippen LogP) is 1.28. The molecule has 1 saturated heterocycles. The van der Waals surface area contributed by atoms with Crippen LogP contribution in [-0.4, -0.2) is 35.0 Å². The Morgan fingerprint density at radius 3 is 2.71 bits per heavy atom. The molecule has 0 radical (unpaired) electrons. The number of aliphatic hydroxyl groups is 1. The fourth-order valence-corrected chi connectivity index (χ4v) is 2.75. The molecule has 0 aromatic heterocycles. The number of amides is 2. The van der Waals surface area contributed by atoms with E-state index in [0.717, 1.165) is 0 Å². The number of likely N-dealkylation sites (tertiary alicyclic amines) is 1. The number of hydrogen-bond donors (Lipinski definition) is 1. The van der Waals surface area contributed by atoms with Crippen molar-refractivity contribution >= 4 is 23.4 Å². The number of hydrogen-bond acceptors (Lipinski definition) is 3. The summed E-state index contributed by atoms with van der Waals surface area (Å²) in [5.41, 5.74) is 0. The summed E-state index contributed by atoms with van der Waals surface area (Å²) in [6, 6.07) is 0. The van der Waals surface area contributed by atoms with Gasteiger partial charge in [-0.05, 0) is 25.7 Å². The van der Waals surface area contributed by atoms with Crippen molar-refractivity contribution in [3.8, 4) is 0 Å². The number of halogens is 1. The van der Waals surface area contributed by atoms with Crippen molar-refractivity contribution in [1.29, 1.82) is 0 Å². The zero-order chi connectivity index (χ0) is 12.4. The van der Waals surface area contributed by atoms with Gasteiger partial charge in [0.05, 0.1) is 11.8 Å². The van der Waals surface area contributed by atoms with Crippen molar-refractivity contribution < 1.29 is 14.7 Å². The molecule has 1 N–H and O–H groups in total. The lowest BCUT2D eigenvalue weighted by Crippen LogP contribution is -2.32. The highest BCUT2D eigenvalue weighted by molar-refractivity contribution is 6.30. The Hall–Kier alpha value is -0.870. The summed E-state index contributed by atoms with van der Waals surface area (Å²) in [4.78, 5) is 25.4. The number of nitrogens with zero attached hydrogens (tertiary/aromatic N) is 1. The van der Waals surface area contributed by atoms with Gasteiger partial charge in [0.1, 0.15) is 0 Å². The number of imide groups is 1. The highest BCUT2D eigenvalue weighted by Gasteiger charge is 2.47. The number of rotatable bonds is 4. The summed E-state index contributed by atoms with van der Waals surface area (Å²) in [5, 5.41) is 9.38. The third-order valence-electron chi connectivity index (χ3n) is 3.45. The Morgan fingerprint density at radius 2 is 2.00 bits per heavy atom. The molecule has 5 heteroatoms. The van der Waals surface area contributed by atoms with Gasteiger partial charge >= 0.3 is 0 Å². The van der Waals surface area contributed by atoms with Crippen LogP contribution in [0.15, 0.2) is 11.1 Å². The minimum absolute atomic E-state index is 0.0710. The first-order valence-electron chi connectivity index (χ1n) is 5.95. The number of allylic oxidation sites excluding steroid dienone is 2. The second kappa shape index (κ2) is 5.19. The summed E-state index contributed by atoms with van der Waals surface area (Å²) in [6.45, 7) is 0.513. The monoisotopic (exact) mass is 257 g/mol. The summed E-state index contributed by atoms with van der Waals surface area (Å²) in [5.74, 6) is -0.629. The van der Waals surface area contributed by atoms with Crippen LogP contribution in [0.3, 0.4) is 0 Å². The molecule has 4 nitrogen and oxygen atoms in total. The van der Waals surface area contributed by atoms with Gasteiger partial charge in [0.15, 0.2) is 0 Å². The van der Waals surface area contributed by atoms with Crippen molar-refractivity contribution in [1.82, 2.24) is 4.90 Å². The van der Waals surface area contributed by atoms with Crippen LogP contribution in [0.25, 0.3) is 0 Å². The average Bonchev–Trinajstić information content (AvgIpc) is 2.54. The molecule has 1 heterocycles. The molecule has 94 valence electrons. The molecule has 1 fully saturated rings. The van der Waals surface area contributed by atoms with Crippen LogP contribution >= 0.6 is 11.6 Å². The molecule has 0 unspecified atom stereocenters. The Balaban J connectivity index is 2.03. The smallest absolute Gasteiger partial charge is 0.233 e. The minimum Gasteiger partial charge on any atom is -0.396 e. The highest BCUT2D eigenvalue weighted by Crippen LogP contribution is 2.38. The lowest BCUT2D eigenvalue weighted by atomic mass is 9.85. The summed E-state index contributed by atoms with van der Waals surface area (Å²) in [7, 11) is 0. The third kappa shape index (κ3) is 2.38. The van der Waals surface area contributed by atoms with Gasteiger partial charge in [0.2, 0.25) is 11.8 Å². The maximum absolute atomic E-state index is 12.0. The van der Waals surface area contributed by atoms with E-state index in [1.807, 2.05) is 6.08 Å². The van der Waals surface area contributed by atoms with Gasteiger partial charge in [-0.25, -0.2) is 0 Å². The average molecular weight is 258 g/mol. The van der Waals surface area contributed by atoms with Crippen molar-refractivity contribution in [3.05, 3.63) is 11.1 Å². The topological polar surface area (TPSA) is 57.6 Å². The quantitative estimate of drug-likeness (QED) is 0.610. The molecule has 0 aromatic carbocycles. The number of aliphatic hydroxyl groups excluding tert-OH is 1. The van der Waals surface area contributed by atoms with E-state index in [1.54, 1.807) is 0 Å². The van der Waals surface area contributed by atoms with Crippen LogP contribution in [0.5, 0.6) is 0 Å². The molecule has 0 bridgehead atoms. The molecule has 2 rings (SSSR count). The standard InChI is InChI=1S/C12H16ClNO3/c13-8-3-4-9-10(7-8)12(17)14(11(9)16)5-1-2-6-15/h3,9-10,15H,1-2,4-7H2/t9-,10+/m1/s1. The van der Waals surface area contributed by atoms with Crippen molar-refractivity contribution in [3.63, 3.8) is 0 Å². The maximum Gasteiger partial charge on any atom is 0.233 e. The van der Waals surface area contributed by atoms with E-state index in [1.165, 1.54) is 4.90 Å². The van der Waals surface area contributed by atoms with Gasteiger partial charge in [0, 0.05) is 18.2 Å². The molecular formula is C12H16ClNO3. The van der Waals surface area contributed by atoms with E-state index >= 15 is 0 Å². The maximum atomic E-state index is 12.0. The molecule has 2 amide bonds. The molecule has 0 aromatic rings. The molecule has 17 heavy (non-hydrogen) atoms. The first-order chi connectivity index (χ1) is 8.15. The van der Waals surface area contributed by atoms with Gasteiger partial charge in [0.25, 0.3) is 0 Å². The van der Waals surface area contributed by atoms with E-state index in [0.29, 0.717) is 37.3 Å². The second-order valence-corrected chi connectivity index (χ2v) is 5.05. The number of unbranched alkanes of at least 4 members (excludes halogenated alkanes) is 1. The van der Waals surface area contributed by atoms with E-state index < -0.39 is 0 Å². The zero-order valence-electron chi connectivity index (χ0n) is 9.56. The number of carbonyl (C=O) groups excluding carboxylic acids is 2. The van der Waals surface area contributed by atoms with Crippen LogP contribution in [0.2, 0.25) is 0 Å². The van der Waals surface area contributed by atoms with Crippen LogP contribution in [-0.2, 0) is 9.59 Å². The SMILES string of the molecule is O=C1[C@H]2CC(Cl)=CC[C@H]2C(=O)N1CCCCO. The number of carbonyl (C=O) groups is 2. The van der Waals surface area contributed by atoms with Crippen molar-refractivity contribution in [2.24, 2.45) is 11.8 Å². The Kier molecular flexibility index (Phi) is 3.84. The zero-order valence-corrected chi connectivity index (χ0v) is 10.3. The molecular weight excluding hydrogens is 242 g/mol. The fraction of sp³-hybridized carbons (Fsp3) is 0.667. The molecule has 1 aliphatic heterocycles. The Labute approximate surface area is 105 Å². The summed E-state index contributed by atoms with van der Waals surface area (Å²) in [6.07, 6.45) is 4.18. The lowest BCUT2D eigenvalue weighted by Gasteiger charge is -2.17. The van der Waals surface area contributed by atoms with Crippen LogP contribution in [0.4, 0.5) is 0 Å². The van der Waals surface area contributed by atoms with E-state index in [-0.39, 0.29) is 30.3 Å². The number of fused-ring (bicyclic) bond motifs is 1. The normalized spacial score (nSPS) is 28.4. The van der Waals surface area contributed by atoms with Crippen molar-refractivity contribution in [2.45, 2.75) is 25.7 Å². The minimum atomic E-state index is -0.255. The molecule has 0 saturated carbocycles. The Bertz CT molecular complexity index is 367. The van der Waals surface area contributed by atoms with Gasteiger partial charge in [-0.15, -0.1) is 0 Å². The molecule has 2 atom stereocenters. The van der Waals surface area contributed by atoms with E-state index in [4.69, 9.17) is 16.7 Å². The van der Waals surface area contributed by atoms with Crippen molar-refractivity contribution in [2.75, 3.05) is 13.2 Å². The van der Waals surface area contributed by atoms with Crippen LogP contribution in [0, 0.1) is 11.8 Å². The van der Waals surface area contributed by atoms with Gasteiger partial charge in [-0.1, -0.05) is 17.7 Å². The predicted molar refractivity (Wildman–Crippen MR) is 63.2 cm³/mol. The summed E-state index contributed by atoms with van der Waals surface area (Å²) >= 11 is 5.92. The van der Waals surface area contributed by atoms with Crippen LogP contribution in [0.1, 0.15) is 25.7 Å².